The van der Waals surface area contributed by atoms with E-state index in [1.54, 1.807) is 0 Å². The van der Waals surface area contributed by atoms with E-state index in [9.17, 15) is 4.79 Å². The van der Waals surface area contributed by atoms with E-state index in [2.05, 4.69) is 83.2 Å². The molecule has 2 aromatic rings. The Morgan fingerprint density at radius 1 is 1.12 bits per heavy atom. The molecule has 1 aliphatic rings. The molecule has 0 aromatic heterocycles. The lowest BCUT2D eigenvalue weighted by atomic mass is 9.76. The zero-order chi connectivity index (χ0) is 24.9. The number of carbonyl (C=O) groups excluding carboxylic acids is 1. The van der Waals surface area contributed by atoms with Gasteiger partial charge in [-0.05, 0) is 57.5 Å². The third-order valence-corrected chi connectivity index (χ3v) is 6.78. The Morgan fingerprint density at radius 3 is 2.35 bits per heavy atom. The van der Waals surface area contributed by atoms with Gasteiger partial charge in [-0.15, -0.1) is 0 Å². The van der Waals surface area contributed by atoms with E-state index in [4.69, 9.17) is 5.10 Å². The minimum Gasteiger partial charge on any atom is -0.353 e. The molecule has 0 saturated carbocycles. The molecule has 1 aliphatic heterocycles. The highest BCUT2D eigenvalue weighted by atomic mass is 16.2. The average Bonchev–Trinajstić information content (AvgIpc) is 3.09. The van der Waals surface area contributed by atoms with Crippen molar-refractivity contribution in [2.45, 2.75) is 59.4 Å². The first kappa shape index (κ1) is 26.0. The molecule has 2 aromatic carbocycles. The summed E-state index contributed by atoms with van der Waals surface area (Å²) < 4.78 is 0. The number of hydrogen-bond donors (Lipinski definition) is 1. The van der Waals surface area contributed by atoms with Gasteiger partial charge in [0.05, 0.1) is 11.4 Å². The Morgan fingerprint density at radius 2 is 1.76 bits per heavy atom. The van der Waals surface area contributed by atoms with Gasteiger partial charge in [-0.25, -0.2) is 5.01 Å². The molecule has 0 saturated heterocycles. The molecule has 184 valence electrons. The van der Waals surface area contributed by atoms with Crippen LogP contribution < -0.4 is 10.3 Å². The van der Waals surface area contributed by atoms with Crippen LogP contribution in [0.15, 0.2) is 59.7 Å². The van der Waals surface area contributed by atoms with Crippen molar-refractivity contribution in [2.24, 2.45) is 16.4 Å². The van der Waals surface area contributed by atoms with Gasteiger partial charge in [0.2, 0.25) is 5.91 Å². The van der Waals surface area contributed by atoms with Crippen molar-refractivity contribution in [3.05, 3.63) is 65.7 Å². The van der Waals surface area contributed by atoms with Crippen LogP contribution in [-0.2, 0) is 4.79 Å². The minimum atomic E-state index is -0.815. The van der Waals surface area contributed by atoms with Crippen molar-refractivity contribution in [3.63, 3.8) is 0 Å². The molecule has 0 radical (unpaired) electrons. The number of hydrazone groups is 1. The van der Waals surface area contributed by atoms with E-state index >= 15 is 0 Å². The van der Waals surface area contributed by atoms with Crippen LogP contribution in [0.5, 0.6) is 0 Å². The topological polar surface area (TPSA) is 47.9 Å². The highest BCUT2D eigenvalue weighted by Gasteiger charge is 2.53. The number of nitrogens with one attached hydrogen (secondary N) is 1. The predicted octanol–water partition coefficient (Wildman–Crippen LogP) is 5.49. The molecule has 5 heteroatoms. The Bertz CT molecular complexity index is 981. The molecule has 1 heterocycles. The highest BCUT2D eigenvalue weighted by molar-refractivity contribution is 6.10. The summed E-state index contributed by atoms with van der Waals surface area (Å²) in [4.78, 5) is 16.2. The van der Waals surface area contributed by atoms with Gasteiger partial charge in [-0.1, -0.05) is 81.6 Å². The van der Waals surface area contributed by atoms with Crippen molar-refractivity contribution in [3.8, 4) is 0 Å². The van der Waals surface area contributed by atoms with Gasteiger partial charge >= 0.3 is 0 Å². The average molecular weight is 463 g/mol. The second-order valence-electron chi connectivity index (χ2n) is 10.9. The number of amides is 1. The molecule has 2 atom stereocenters. The van der Waals surface area contributed by atoms with Crippen molar-refractivity contribution >= 4 is 17.3 Å². The van der Waals surface area contributed by atoms with Crippen molar-refractivity contribution < 1.29 is 4.79 Å². The number of carbonyl (C=O) groups is 1. The zero-order valence-corrected chi connectivity index (χ0v) is 22.1. The summed E-state index contributed by atoms with van der Waals surface area (Å²) in [6.07, 6.45) is 3.04. The van der Waals surface area contributed by atoms with Crippen LogP contribution in [0.2, 0.25) is 0 Å². The molecule has 0 aliphatic carbocycles. The minimum absolute atomic E-state index is 0.00711. The lowest BCUT2D eigenvalue weighted by molar-refractivity contribution is -0.127. The number of rotatable bonds is 10. The third kappa shape index (κ3) is 5.69. The number of hydrogen-bond acceptors (Lipinski definition) is 4. The van der Waals surface area contributed by atoms with Crippen molar-refractivity contribution in [2.75, 3.05) is 32.2 Å². The number of benzene rings is 2. The summed E-state index contributed by atoms with van der Waals surface area (Å²) in [5.41, 5.74) is 3.41. The molecule has 0 bridgehead atoms. The van der Waals surface area contributed by atoms with Gasteiger partial charge in [0, 0.05) is 19.0 Å². The Labute approximate surface area is 206 Å². The first-order valence-corrected chi connectivity index (χ1v) is 12.5. The SMILES string of the molecule is CCCCC1C(c2ccc(C)cc2)=NN(c2ccccc2)C1(C)C(=O)NCC(C)(C)CN(C)C. The summed E-state index contributed by atoms with van der Waals surface area (Å²) in [7, 11) is 4.14. The smallest absolute Gasteiger partial charge is 0.248 e. The number of aryl methyl sites for hydroxylation is 1. The normalized spacial score (nSPS) is 20.5. The van der Waals surface area contributed by atoms with E-state index in [1.165, 1.54) is 5.56 Å². The van der Waals surface area contributed by atoms with Gasteiger partial charge in [0.25, 0.3) is 0 Å². The molecule has 5 nitrogen and oxygen atoms in total. The molecule has 3 rings (SSSR count). The molecule has 1 N–H and O–H groups in total. The van der Waals surface area contributed by atoms with Crippen LogP contribution in [-0.4, -0.2) is 49.2 Å². The van der Waals surface area contributed by atoms with Crippen molar-refractivity contribution in [1.29, 1.82) is 0 Å². The Kier molecular flexibility index (Phi) is 8.19. The molecular formula is C29H42N4O. The van der Waals surface area contributed by atoms with Crippen LogP contribution in [0.3, 0.4) is 0 Å². The number of unbranched alkanes of at least 4 members (excludes halogenated alkanes) is 1. The third-order valence-electron chi connectivity index (χ3n) is 6.78. The summed E-state index contributed by atoms with van der Waals surface area (Å²) in [6, 6.07) is 18.6. The van der Waals surface area contributed by atoms with Gasteiger partial charge in [-0.3, -0.25) is 4.79 Å². The van der Waals surface area contributed by atoms with E-state index in [-0.39, 0.29) is 17.2 Å². The van der Waals surface area contributed by atoms with Crippen LogP contribution in [0.1, 0.15) is 58.1 Å². The molecule has 0 fully saturated rings. The lowest BCUT2D eigenvalue weighted by Gasteiger charge is -2.39. The highest BCUT2D eigenvalue weighted by Crippen LogP contribution is 2.41. The molecule has 0 spiro atoms. The quantitative estimate of drug-likeness (QED) is 0.508. The van der Waals surface area contributed by atoms with E-state index in [0.717, 1.165) is 42.8 Å². The number of nitrogens with zero attached hydrogens (tertiary/aromatic N) is 3. The van der Waals surface area contributed by atoms with Gasteiger partial charge in [-0.2, -0.15) is 5.10 Å². The monoisotopic (exact) mass is 462 g/mol. The zero-order valence-electron chi connectivity index (χ0n) is 22.1. The Balaban J connectivity index is 2.02. The molecular weight excluding hydrogens is 420 g/mol. The van der Waals surface area contributed by atoms with Crippen molar-refractivity contribution in [1.82, 2.24) is 10.2 Å². The number of anilines is 1. The van der Waals surface area contributed by atoms with Crippen LogP contribution in [0.25, 0.3) is 0 Å². The fraction of sp³-hybridized carbons (Fsp3) is 0.517. The number of para-hydroxylation sites is 1. The van der Waals surface area contributed by atoms with Crippen LogP contribution in [0.4, 0.5) is 5.69 Å². The van der Waals surface area contributed by atoms with Gasteiger partial charge < -0.3 is 10.2 Å². The molecule has 34 heavy (non-hydrogen) atoms. The van der Waals surface area contributed by atoms with Gasteiger partial charge in [0.15, 0.2) is 0 Å². The molecule has 2 unspecified atom stereocenters. The van der Waals surface area contributed by atoms with Gasteiger partial charge in [0.1, 0.15) is 5.54 Å². The summed E-state index contributed by atoms with van der Waals surface area (Å²) in [5.74, 6) is 0.0301. The summed E-state index contributed by atoms with van der Waals surface area (Å²) >= 11 is 0. The predicted molar refractivity (Wildman–Crippen MR) is 143 cm³/mol. The largest absolute Gasteiger partial charge is 0.353 e. The van der Waals surface area contributed by atoms with Crippen LogP contribution >= 0.6 is 0 Å². The fourth-order valence-corrected chi connectivity index (χ4v) is 5.06. The first-order valence-electron chi connectivity index (χ1n) is 12.5. The maximum Gasteiger partial charge on any atom is 0.248 e. The second-order valence-corrected chi connectivity index (χ2v) is 10.9. The maximum absolute atomic E-state index is 14.0. The second kappa shape index (κ2) is 10.7. The molecule has 1 amide bonds. The summed E-state index contributed by atoms with van der Waals surface area (Å²) in [5, 5.41) is 10.4. The van der Waals surface area contributed by atoms with E-state index in [0.29, 0.717) is 6.54 Å². The summed E-state index contributed by atoms with van der Waals surface area (Å²) in [6.45, 7) is 12.3. The fourth-order valence-electron chi connectivity index (χ4n) is 5.06. The first-order chi connectivity index (χ1) is 16.1. The Hall–Kier alpha value is -2.66. The standard InChI is InChI=1S/C29H42N4O/c1-8-9-15-25-26(23-18-16-22(2)17-19-23)31-33(24-13-11-10-12-14-24)29(25,5)27(34)30-20-28(3,4)21-32(6)7/h10-14,16-19,25H,8-9,15,20-21H2,1-7H3,(H,30,34). The lowest BCUT2D eigenvalue weighted by Crippen LogP contribution is -2.59. The maximum atomic E-state index is 14.0. The van der Waals surface area contributed by atoms with Crippen LogP contribution in [0, 0.1) is 18.3 Å². The van der Waals surface area contributed by atoms with E-state index in [1.807, 2.05) is 35.3 Å². The van der Waals surface area contributed by atoms with E-state index < -0.39 is 5.54 Å².